The maximum atomic E-state index is 8.00. The molecular weight excluding hydrogens is 104 g/mol. The second kappa shape index (κ2) is 1540. The van der Waals surface area contributed by atoms with Gasteiger partial charge >= 0.3 is 0 Å². The van der Waals surface area contributed by atoms with Crippen molar-refractivity contribution in [2.75, 3.05) is 7.11 Å². The van der Waals surface area contributed by atoms with E-state index in [4.69, 9.17) is 9.90 Å². The second-order valence-electron chi connectivity index (χ2n) is 0. The summed E-state index contributed by atoms with van der Waals surface area (Å²) in [6.07, 6.45) is 0. The molecule has 0 aromatic carbocycles. The molecule has 0 aliphatic carbocycles. The average molecular weight is 126 g/mol. The first-order chi connectivity index (χ1) is 2.00. The van der Waals surface area contributed by atoms with Crippen LogP contribution in [0.4, 0.5) is 0 Å². The third kappa shape index (κ3) is 882. The van der Waals surface area contributed by atoms with E-state index in [9.17, 15) is 0 Å². The smallest absolute Gasteiger partial charge is 0.106 e. The molecule has 58 valence electrons. The van der Waals surface area contributed by atoms with Crippen molar-refractivity contribution in [2.24, 2.45) is 0 Å². The van der Waals surface area contributed by atoms with Crippen LogP contribution in [0.25, 0.3) is 0 Å². The lowest BCUT2D eigenvalue weighted by molar-refractivity contribution is -0.0979. The molecule has 2 nitrogen and oxygen atoms in total. The zero-order valence-corrected chi connectivity index (χ0v) is 2.56. The van der Waals surface area contributed by atoms with E-state index < -0.39 is 0 Å². The van der Waals surface area contributed by atoms with Crippen molar-refractivity contribution >= 4 is 6.79 Å². The van der Waals surface area contributed by atoms with E-state index in [0.717, 1.165) is 7.11 Å². The molecular formula is C6H22O2. The first-order valence-corrected chi connectivity index (χ1v) is 0.736. The molecule has 0 saturated heterocycles. The van der Waals surface area contributed by atoms with Gasteiger partial charge in [0.2, 0.25) is 0 Å². The van der Waals surface area contributed by atoms with E-state index in [1.807, 2.05) is 6.79 Å². The molecule has 2 heteroatoms. The van der Waals surface area contributed by atoms with Crippen LogP contribution >= 0.6 is 0 Å². The molecule has 0 heterocycles. The number of aliphatic hydroxyl groups excluding tert-OH is 1. The number of carbonyl (C=O) groups is 1. The van der Waals surface area contributed by atoms with Crippen LogP contribution in [0, 0.1) is 0 Å². The van der Waals surface area contributed by atoms with Gasteiger partial charge < -0.3 is 9.90 Å². The van der Waals surface area contributed by atoms with Gasteiger partial charge in [0, 0.05) is 7.11 Å². The van der Waals surface area contributed by atoms with Crippen molar-refractivity contribution in [1.82, 2.24) is 0 Å². The van der Waals surface area contributed by atoms with Crippen LogP contribution in [0.3, 0.4) is 0 Å². The van der Waals surface area contributed by atoms with Crippen molar-refractivity contribution in [3.8, 4) is 0 Å². The molecule has 1 N–H and O–H groups in total. The largest absolute Gasteiger partial charge is 0.400 e. The van der Waals surface area contributed by atoms with Gasteiger partial charge in [0.1, 0.15) is 6.79 Å². The molecule has 8 heavy (non-hydrogen) atoms. The molecule has 0 atom stereocenters. The summed E-state index contributed by atoms with van der Waals surface area (Å²) in [5, 5.41) is 7.00. The van der Waals surface area contributed by atoms with Gasteiger partial charge in [0.15, 0.2) is 0 Å². The molecule has 0 rings (SSSR count). The molecule has 0 fully saturated rings. The zero-order valence-electron chi connectivity index (χ0n) is 2.56. The molecule has 0 radical (unpaired) electrons. The Morgan fingerprint density at radius 2 is 0.875 bits per heavy atom. The summed E-state index contributed by atoms with van der Waals surface area (Å²) in [7, 11) is 1.00. The summed E-state index contributed by atoms with van der Waals surface area (Å²) >= 11 is 0. The summed E-state index contributed by atoms with van der Waals surface area (Å²) in [5.74, 6) is 0. The van der Waals surface area contributed by atoms with Gasteiger partial charge in [-0.05, 0) is 0 Å². The Bertz CT molecular complexity index is 6.49. The maximum Gasteiger partial charge on any atom is 0.106 e. The lowest BCUT2D eigenvalue weighted by Gasteiger charge is -1.21. The number of rotatable bonds is 0. The number of carbonyl (C=O) groups excluding carboxylic acids is 1. The third-order valence-corrected chi connectivity index (χ3v) is 0. The molecule has 0 aliphatic heterocycles. The summed E-state index contributed by atoms with van der Waals surface area (Å²) < 4.78 is 0. The number of hydrogen-bond donors (Lipinski definition) is 1. The lowest BCUT2D eigenvalue weighted by Crippen LogP contribution is -1.25. The number of hydrogen-bond acceptors (Lipinski definition) is 2. The van der Waals surface area contributed by atoms with Crippen LogP contribution < -0.4 is 0 Å². The van der Waals surface area contributed by atoms with Crippen molar-refractivity contribution in [1.29, 1.82) is 0 Å². The fraction of sp³-hybridized carbons (Fsp3) is 0.833. The molecule has 0 saturated carbocycles. The Labute approximate surface area is 54.5 Å². The summed E-state index contributed by atoms with van der Waals surface area (Å²) in [5.41, 5.74) is 0. The van der Waals surface area contributed by atoms with E-state index >= 15 is 0 Å². The highest BCUT2D eigenvalue weighted by Crippen LogP contribution is 0.755. The molecule has 0 bridgehead atoms. The Morgan fingerprint density at radius 3 is 0.875 bits per heavy atom. The molecule has 0 spiro atoms. The highest BCUT2D eigenvalue weighted by atomic mass is 16.2. The Hall–Kier alpha value is -0.370. The highest BCUT2D eigenvalue weighted by Gasteiger charge is 0.839. The Balaban J connectivity index is -0.00000000167. The van der Waals surface area contributed by atoms with E-state index in [1.165, 1.54) is 0 Å². The molecule has 0 unspecified atom stereocenters. The average Bonchev–Trinajstić information content (AvgIpc) is 1.50. The minimum atomic E-state index is 0. The van der Waals surface area contributed by atoms with Gasteiger partial charge in [0.05, 0.1) is 0 Å². The summed E-state index contributed by atoms with van der Waals surface area (Å²) in [6.45, 7) is 2.00. The first kappa shape index (κ1) is 126. The predicted molar refractivity (Wildman–Crippen MR) is 42.2 cm³/mol. The monoisotopic (exact) mass is 126 g/mol. The quantitative estimate of drug-likeness (QED) is 0.538. The van der Waals surface area contributed by atoms with E-state index in [2.05, 4.69) is 0 Å². The molecule has 0 amide bonds. The van der Waals surface area contributed by atoms with Crippen LogP contribution in [0.15, 0.2) is 0 Å². The zero-order chi connectivity index (χ0) is 4.00. The van der Waals surface area contributed by atoms with Crippen LogP contribution in [0.1, 0.15) is 29.7 Å². The van der Waals surface area contributed by atoms with Crippen molar-refractivity contribution in [3.63, 3.8) is 0 Å². The van der Waals surface area contributed by atoms with Gasteiger partial charge in [0.25, 0.3) is 0 Å². The third-order valence-electron chi connectivity index (χ3n) is 0. The Kier molecular flexibility index (Phi) is 24200. The second-order valence-corrected chi connectivity index (χ2v) is 0. The summed E-state index contributed by atoms with van der Waals surface area (Å²) in [4.78, 5) is 8.00. The minimum Gasteiger partial charge on any atom is -0.400 e. The predicted octanol–water partition coefficient (Wildman–Crippen LogP) is 1.97. The first-order valence-electron chi connectivity index (χ1n) is 0.736. The maximum absolute atomic E-state index is 8.00. The van der Waals surface area contributed by atoms with Crippen molar-refractivity contribution in [2.45, 2.75) is 29.7 Å². The van der Waals surface area contributed by atoms with Crippen molar-refractivity contribution < 1.29 is 9.90 Å². The number of aliphatic hydroxyl groups is 1. The minimum absolute atomic E-state index is 0. The van der Waals surface area contributed by atoms with Gasteiger partial charge in [-0.1, -0.05) is 29.7 Å². The van der Waals surface area contributed by atoms with E-state index in [-0.39, 0.29) is 29.7 Å². The Morgan fingerprint density at radius 1 is 0.875 bits per heavy atom. The molecule has 0 aromatic heterocycles. The molecule has 0 aliphatic rings. The lowest BCUT2D eigenvalue weighted by atomic mass is 11.8. The van der Waals surface area contributed by atoms with Crippen LogP contribution in [0.5, 0.6) is 0 Å². The van der Waals surface area contributed by atoms with Gasteiger partial charge in [-0.2, -0.15) is 0 Å². The standard InChI is InChI=1S/CH4O.CH2O.4CH4/c2*1-2;;;;/h2H,1H3;1H2;4*1H4. The van der Waals surface area contributed by atoms with E-state index in [1.54, 1.807) is 0 Å². The topological polar surface area (TPSA) is 37.3 Å². The van der Waals surface area contributed by atoms with Crippen LogP contribution in [0.2, 0.25) is 0 Å². The molecule has 0 aromatic rings. The van der Waals surface area contributed by atoms with Gasteiger partial charge in [-0.15, -0.1) is 0 Å². The van der Waals surface area contributed by atoms with Crippen LogP contribution in [-0.2, 0) is 4.79 Å². The SMILES string of the molecule is C.C.C.C.C=O.CO. The fourth-order valence-electron chi connectivity index (χ4n) is 0. The fourth-order valence-corrected chi connectivity index (χ4v) is 0. The van der Waals surface area contributed by atoms with Gasteiger partial charge in [-0.25, -0.2) is 0 Å². The van der Waals surface area contributed by atoms with Crippen molar-refractivity contribution in [3.05, 3.63) is 0 Å². The highest BCUT2D eigenvalue weighted by molar-refractivity contribution is 5.10. The normalized spacial score (nSPS) is 1.25. The summed E-state index contributed by atoms with van der Waals surface area (Å²) in [6, 6.07) is 0. The van der Waals surface area contributed by atoms with E-state index in [0.29, 0.717) is 0 Å². The van der Waals surface area contributed by atoms with Gasteiger partial charge in [-0.3, -0.25) is 0 Å². The van der Waals surface area contributed by atoms with Crippen LogP contribution in [-0.4, -0.2) is 19.0 Å².